The molecule has 0 amide bonds. The van der Waals surface area contributed by atoms with Crippen molar-refractivity contribution in [2.45, 2.75) is 46.0 Å². The zero-order valence-electron chi connectivity index (χ0n) is 9.18. The van der Waals surface area contributed by atoms with E-state index in [4.69, 9.17) is 0 Å². The SMILES string of the molecule is C=C1C(C)CCCCN1CCCC. The summed E-state index contributed by atoms with van der Waals surface area (Å²) in [5.41, 5.74) is 1.38. The molecule has 0 saturated carbocycles. The number of rotatable bonds is 3. The lowest BCUT2D eigenvalue weighted by Gasteiger charge is -2.27. The molecule has 1 fully saturated rings. The summed E-state index contributed by atoms with van der Waals surface area (Å²) < 4.78 is 0. The van der Waals surface area contributed by atoms with E-state index in [1.807, 2.05) is 0 Å². The Labute approximate surface area is 82.8 Å². The number of unbranched alkanes of at least 4 members (excludes halogenated alkanes) is 1. The van der Waals surface area contributed by atoms with Crippen molar-refractivity contribution >= 4 is 0 Å². The summed E-state index contributed by atoms with van der Waals surface area (Å²) in [7, 11) is 0. The normalized spacial score (nSPS) is 24.6. The van der Waals surface area contributed by atoms with Crippen LogP contribution in [-0.2, 0) is 0 Å². The third-order valence-corrected chi connectivity index (χ3v) is 3.07. The minimum absolute atomic E-state index is 0.708. The topological polar surface area (TPSA) is 3.24 Å². The van der Waals surface area contributed by atoms with Gasteiger partial charge in [-0.05, 0) is 25.2 Å². The molecule has 1 aliphatic rings. The summed E-state index contributed by atoms with van der Waals surface area (Å²) in [4.78, 5) is 2.50. The lowest BCUT2D eigenvalue weighted by molar-refractivity contribution is 0.322. The maximum atomic E-state index is 4.22. The second kappa shape index (κ2) is 5.31. The molecule has 1 atom stereocenters. The number of hydrogen-bond acceptors (Lipinski definition) is 1. The van der Waals surface area contributed by atoms with Gasteiger partial charge in [0.2, 0.25) is 0 Å². The molecule has 1 heteroatoms. The Morgan fingerprint density at radius 3 is 2.92 bits per heavy atom. The first-order chi connectivity index (χ1) is 6.25. The first-order valence-electron chi connectivity index (χ1n) is 5.69. The van der Waals surface area contributed by atoms with Crippen molar-refractivity contribution in [1.29, 1.82) is 0 Å². The van der Waals surface area contributed by atoms with Crippen molar-refractivity contribution in [3.8, 4) is 0 Å². The van der Waals surface area contributed by atoms with E-state index in [2.05, 4.69) is 25.3 Å². The molecule has 1 saturated heterocycles. The van der Waals surface area contributed by atoms with Crippen LogP contribution in [-0.4, -0.2) is 18.0 Å². The summed E-state index contributed by atoms with van der Waals surface area (Å²) in [6.07, 6.45) is 6.67. The van der Waals surface area contributed by atoms with Gasteiger partial charge in [0.05, 0.1) is 0 Å². The van der Waals surface area contributed by atoms with Crippen LogP contribution in [0.2, 0.25) is 0 Å². The Hall–Kier alpha value is -0.460. The van der Waals surface area contributed by atoms with E-state index < -0.39 is 0 Å². The van der Waals surface area contributed by atoms with Gasteiger partial charge in [0.25, 0.3) is 0 Å². The molecular formula is C12H23N. The number of nitrogens with zero attached hydrogens (tertiary/aromatic N) is 1. The summed E-state index contributed by atoms with van der Waals surface area (Å²) in [6.45, 7) is 11.2. The molecular weight excluding hydrogens is 158 g/mol. The molecule has 1 rings (SSSR count). The number of hydrogen-bond donors (Lipinski definition) is 0. The fourth-order valence-electron chi connectivity index (χ4n) is 1.98. The summed E-state index contributed by atoms with van der Waals surface area (Å²) in [5.74, 6) is 0.708. The molecule has 13 heavy (non-hydrogen) atoms. The fourth-order valence-corrected chi connectivity index (χ4v) is 1.98. The maximum Gasteiger partial charge on any atom is 0.0174 e. The van der Waals surface area contributed by atoms with Gasteiger partial charge in [0, 0.05) is 18.8 Å². The summed E-state index contributed by atoms with van der Waals surface area (Å²) in [6, 6.07) is 0. The second-order valence-corrected chi connectivity index (χ2v) is 4.23. The fraction of sp³-hybridized carbons (Fsp3) is 0.833. The largest absolute Gasteiger partial charge is 0.375 e. The minimum atomic E-state index is 0.708. The predicted octanol–water partition coefficient (Wildman–Crippen LogP) is 3.42. The number of likely N-dealkylation sites (tertiary alicyclic amines) is 1. The van der Waals surface area contributed by atoms with Crippen molar-refractivity contribution in [2.24, 2.45) is 5.92 Å². The maximum absolute atomic E-state index is 4.22. The molecule has 0 aromatic carbocycles. The molecule has 0 aliphatic carbocycles. The van der Waals surface area contributed by atoms with E-state index in [0.717, 1.165) is 0 Å². The highest BCUT2D eigenvalue weighted by molar-refractivity contribution is 5.00. The van der Waals surface area contributed by atoms with Crippen LogP contribution in [0, 0.1) is 5.92 Å². The van der Waals surface area contributed by atoms with Gasteiger partial charge >= 0.3 is 0 Å². The van der Waals surface area contributed by atoms with E-state index in [0.29, 0.717) is 5.92 Å². The van der Waals surface area contributed by atoms with Crippen molar-refractivity contribution in [1.82, 2.24) is 4.90 Å². The zero-order valence-corrected chi connectivity index (χ0v) is 9.18. The van der Waals surface area contributed by atoms with Gasteiger partial charge in [-0.1, -0.05) is 33.3 Å². The zero-order chi connectivity index (χ0) is 9.68. The monoisotopic (exact) mass is 181 g/mol. The third-order valence-electron chi connectivity index (χ3n) is 3.07. The van der Waals surface area contributed by atoms with Crippen LogP contribution in [0.4, 0.5) is 0 Å². The van der Waals surface area contributed by atoms with Crippen molar-refractivity contribution < 1.29 is 0 Å². The summed E-state index contributed by atoms with van der Waals surface area (Å²) in [5, 5.41) is 0. The Kier molecular flexibility index (Phi) is 4.34. The van der Waals surface area contributed by atoms with Crippen molar-refractivity contribution in [3.05, 3.63) is 12.3 Å². The van der Waals surface area contributed by atoms with Crippen molar-refractivity contribution in [3.63, 3.8) is 0 Å². The first-order valence-corrected chi connectivity index (χ1v) is 5.69. The standard InChI is InChI=1S/C12H23N/c1-4-5-9-13-10-7-6-8-11(2)12(13)3/h11H,3-10H2,1-2H3. The molecule has 0 radical (unpaired) electrons. The van der Waals surface area contributed by atoms with E-state index in [1.54, 1.807) is 0 Å². The smallest absolute Gasteiger partial charge is 0.0174 e. The van der Waals surface area contributed by atoms with Gasteiger partial charge in [-0.25, -0.2) is 0 Å². The van der Waals surface area contributed by atoms with Crippen LogP contribution in [0.1, 0.15) is 46.0 Å². The lowest BCUT2D eigenvalue weighted by atomic mass is 10.0. The van der Waals surface area contributed by atoms with Crippen LogP contribution in [0.15, 0.2) is 12.3 Å². The highest BCUT2D eigenvalue weighted by Crippen LogP contribution is 2.24. The average molecular weight is 181 g/mol. The second-order valence-electron chi connectivity index (χ2n) is 4.23. The van der Waals surface area contributed by atoms with Gasteiger partial charge in [0.1, 0.15) is 0 Å². The van der Waals surface area contributed by atoms with Crippen LogP contribution in [0.5, 0.6) is 0 Å². The Bertz CT molecular complexity index is 163. The van der Waals surface area contributed by atoms with Gasteiger partial charge in [-0.15, -0.1) is 0 Å². The highest BCUT2D eigenvalue weighted by Gasteiger charge is 2.16. The molecule has 0 bridgehead atoms. The van der Waals surface area contributed by atoms with Crippen molar-refractivity contribution in [2.75, 3.05) is 13.1 Å². The molecule has 0 N–H and O–H groups in total. The molecule has 0 aromatic rings. The third kappa shape index (κ3) is 3.06. The quantitative estimate of drug-likeness (QED) is 0.645. The Morgan fingerprint density at radius 1 is 1.46 bits per heavy atom. The predicted molar refractivity (Wildman–Crippen MR) is 58.6 cm³/mol. The lowest BCUT2D eigenvalue weighted by Crippen LogP contribution is -2.25. The highest BCUT2D eigenvalue weighted by atomic mass is 15.1. The molecule has 1 aliphatic heterocycles. The van der Waals surface area contributed by atoms with Crippen LogP contribution < -0.4 is 0 Å². The van der Waals surface area contributed by atoms with Gasteiger partial charge in [-0.3, -0.25) is 0 Å². The van der Waals surface area contributed by atoms with E-state index in [-0.39, 0.29) is 0 Å². The van der Waals surface area contributed by atoms with Crippen LogP contribution in [0.3, 0.4) is 0 Å². The van der Waals surface area contributed by atoms with Gasteiger partial charge in [-0.2, -0.15) is 0 Å². The molecule has 0 spiro atoms. The van der Waals surface area contributed by atoms with E-state index in [9.17, 15) is 0 Å². The minimum Gasteiger partial charge on any atom is -0.375 e. The van der Waals surface area contributed by atoms with E-state index in [1.165, 1.54) is 50.9 Å². The van der Waals surface area contributed by atoms with Gasteiger partial charge < -0.3 is 4.90 Å². The Balaban J connectivity index is 2.44. The number of allylic oxidation sites excluding steroid dienone is 1. The van der Waals surface area contributed by atoms with Crippen LogP contribution in [0.25, 0.3) is 0 Å². The summed E-state index contributed by atoms with van der Waals surface area (Å²) >= 11 is 0. The Morgan fingerprint density at radius 2 is 2.23 bits per heavy atom. The van der Waals surface area contributed by atoms with Crippen LogP contribution >= 0.6 is 0 Å². The average Bonchev–Trinajstić information content (AvgIpc) is 2.28. The van der Waals surface area contributed by atoms with E-state index >= 15 is 0 Å². The molecule has 76 valence electrons. The molecule has 1 nitrogen and oxygen atoms in total. The molecule has 0 aromatic heterocycles. The van der Waals surface area contributed by atoms with Gasteiger partial charge in [0.15, 0.2) is 0 Å². The first kappa shape index (κ1) is 10.6. The molecule has 1 heterocycles. The molecule has 1 unspecified atom stereocenters.